The Hall–Kier alpha value is -0.520. The van der Waals surface area contributed by atoms with Crippen LogP contribution in [0.1, 0.15) is 6.42 Å². The number of methoxy groups -OCH3 is 1. The molecule has 3 heteroatoms. The van der Waals surface area contributed by atoms with Gasteiger partial charge in [-0.3, -0.25) is 0 Å². The summed E-state index contributed by atoms with van der Waals surface area (Å²) in [5.41, 5.74) is 0. The first-order valence-electron chi connectivity index (χ1n) is 4.07. The molecule has 0 aromatic heterocycles. The number of hydrogen-bond acceptors (Lipinski definition) is 2. The number of esters is 1. The molecule has 0 saturated carbocycles. The van der Waals surface area contributed by atoms with Gasteiger partial charge in [-0.1, -0.05) is 0 Å². The molecule has 0 aliphatic carbocycles. The van der Waals surface area contributed by atoms with E-state index in [9.17, 15) is 4.79 Å². The predicted molar refractivity (Wildman–Crippen MR) is 53.3 cm³/mol. The topological polar surface area (TPSA) is 26.3 Å². The van der Waals surface area contributed by atoms with Gasteiger partial charge in [0.25, 0.3) is 0 Å². The van der Waals surface area contributed by atoms with Crippen molar-refractivity contribution < 1.29 is 9.53 Å². The Morgan fingerprint density at radius 2 is 2.08 bits per heavy atom. The van der Waals surface area contributed by atoms with Crippen molar-refractivity contribution in [2.24, 2.45) is 0 Å². The summed E-state index contributed by atoms with van der Waals surface area (Å²) in [7, 11) is 1.44. The standard InChI is InChI=1S/C10H12O2Te/c1-12-10(11)7-8-13-9-5-3-2-4-6-9/h2-6H,7-8H2,1H3. The van der Waals surface area contributed by atoms with Crippen molar-refractivity contribution >= 4 is 30.5 Å². The van der Waals surface area contributed by atoms with Crippen LogP contribution < -0.4 is 3.61 Å². The fourth-order valence-corrected chi connectivity index (χ4v) is 3.31. The van der Waals surface area contributed by atoms with E-state index in [2.05, 4.69) is 16.9 Å². The number of hydrogen-bond donors (Lipinski definition) is 0. The predicted octanol–water partition coefficient (Wildman–Crippen LogP) is 0.997. The fourth-order valence-electron chi connectivity index (χ4n) is 0.871. The van der Waals surface area contributed by atoms with E-state index in [0.29, 0.717) is 6.42 Å². The third-order valence-electron chi connectivity index (χ3n) is 1.55. The van der Waals surface area contributed by atoms with E-state index in [0.717, 1.165) is 4.47 Å². The molecule has 0 amide bonds. The Morgan fingerprint density at radius 3 is 2.69 bits per heavy atom. The van der Waals surface area contributed by atoms with Crippen LogP contribution in [0.15, 0.2) is 30.3 Å². The average molecular weight is 292 g/mol. The SMILES string of the molecule is COC(=O)CC[Te]c1ccccc1. The van der Waals surface area contributed by atoms with Crippen molar-refractivity contribution in [2.75, 3.05) is 7.11 Å². The molecule has 1 rings (SSSR count). The first kappa shape index (κ1) is 10.6. The van der Waals surface area contributed by atoms with Crippen LogP contribution in [0.3, 0.4) is 0 Å². The number of benzene rings is 1. The summed E-state index contributed by atoms with van der Waals surface area (Å²) in [6, 6.07) is 10.3. The summed E-state index contributed by atoms with van der Waals surface area (Å²) in [5, 5.41) is 0. The number of carbonyl (C=O) groups excluding carboxylic acids is 1. The van der Waals surface area contributed by atoms with Crippen LogP contribution in [0.4, 0.5) is 0 Å². The number of ether oxygens (including phenoxy) is 1. The van der Waals surface area contributed by atoms with Crippen LogP contribution in [0.25, 0.3) is 0 Å². The number of rotatable bonds is 4. The first-order valence-corrected chi connectivity index (χ1v) is 6.89. The molecule has 0 N–H and O–H groups in total. The van der Waals surface area contributed by atoms with Crippen LogP contribution in [-0.4, -0.2) is 34.0 Å². The van der Waals surface area contributed by atoms with E-state index in [1.54, 1.807) is 0 Å². The van der Waals surface area contributed by atoms with E-state index < -0.39 is 0 Å². The molecule has 0 heterocycles. The minimum absolute atomic E-state index is 0.0963. The quantitative estimate of drug-likeness (QED) is 0.611. The van der Waals surface area contributed by atoms with E-state index in [4.69, 9.17) is 0 Å². The van der Waals surface area contributed by atoms with Gasteiger partial charge < -0.3 is 0 Å². The normalized spacial score (nSPS) is 9.62. The molecule has 0 unspecified atom stereocenters. The molecule has 1 aromatic rings. The summed E-state index contributed by atoms with van der Waals surface area (Å²) in [6.45, 7) is 0. The van der Waals surface area contributed by atoms with Gasteiger partial charge in [0, 0.05) is 0 Å². The molecule has 0 aliphatic rings. The Kier molecular flexibility index (Phi) is 4.88. The van der Waals surface area contributed by atoms with Crippen molar-refractivity contribution in [2.45, 2.75) is 10.9 Å². The van der Waals surface area contributed by atoms with Gasteiger partial charge >= 0.3 is 88.4 Å². The molecule has 0 radical (unpaired) electrons. The van der Waals surface area contributed by atoms with Crippen LogP contribution in [-0.2, 0) is 9.53 Å². The van der Waals surface area contributed by atoms with Gasteiger partial charge in [-0.25, -0.2) is 0 Å². The molecular formula is C10H12O2Te. The average Bonchev–Trinajstić information content (AvgIpc) is 2.19. The summed E-state index contributed by atoms with van der Waals surface area (Å²) in [5.74, 6) is -0.0963. The molecule has 70 valence electrons. The maximum atomic E-state index is 10.8. The molecule has 1 aromatic carbocycles. The van der Waals surface area contributed by atoms with E-state index >= 15 is 0 Å². The number of carbonyl (C=O) groups is 1. The zero-order chi connectivity index (χ0) is 9.52. The molecule has 0 fully saturated rings. The second-order valence-corrected chi connectivity index (χ2v) is 5.82. The van der Waals surface area contributed by atoms with Crippen LogP contribution in [0.2, 0.25) is 4.47 Å². The van der Waals surface area contributed by atoms with Crippen molar-refractivity contribution in [1.29, 1.82) is 0 Å². The Bertz CT molecular complexity index is 259. The fraction of sp³-hybridized carbons (Fsp3) is 0.300. The second kappa shape index (κ2) is 6.01. The Balaban J connectivity index is 2.24. The second-order valence-electron chi connectivity index (χ2n) is 2.49. The van der Waals surface area contributed by atoms with Gasteiger partial charge in [0.15, 0.2) is 0 Å². The third kappa shape index (κ3) is 4.31. The third-order valence-corrected chi connectivity index (χ3v) is 4.44. The van der Waals surface area contributed by atoms with Crippen molar-refractivity contribution in [3.05, 3.63) is 30.3 Å². The van der Waals surface area contributed by atoms with Gasteiger partial charge in [0.1, 0.15) is 0 Å². The van der Waals surface area contributed by atoms with Gasteiger partial charge in [-0.05, 0) is 0 Å². The molecule has 2 nitrogen and oxygen atoms in total. The molecule has 0 bridgehead atoms. The van der Waals surface area contributed by atoms with Crippen molar-refractivity contribution in [1.82, 2.24) is 0 Å². The summed E-state index contributed by atoms with van der Waals surface area (Å²) in [4.78, 5) is 10.8. The van der Waals surface area contributed by atoms with Crippen LogP contribution in [0.5, 0.6) is 0 Å². The monoisotopic (exact) mass is 294 g/mol. The van der Waals surface area contributed by atoms with Gasteiger partial charge in [0.2, 0.25) is 0 Å². The molecule has 0 atom stereocenters. The van der Waals surface area contributed by atoms with E-state index in [-0.39, 0.29) is 26.9 Å². The molecule has 0 spiro atoms. The minimum atomic E-state index is -0.187. The van der Waals surface area contributed by atoms with Crippen molar-refractivity contribution in [3.63, 3.8) is 0 Å². The summed E-state index contributed by atoms with van der Waals surface area (Å²) in [6.07, 6.45) is 0.563. The zero-order valence-electron chi connectivity index (χ0n) is 7.53. The Morgan fingerprint density at radius 1 is 1.38 bits per heavy atom. The van der Waals surface area contributed by atoms with Gasteiger partial charge in [-0.15, -0.1) is 0 Å². The van der Waals surface area contributed by atoms with E-state index in [1.165, 1.54) is 10.7 Å². The van der Waals surface area contributed by atoms with Gasteiger partial charge in [0.05, 0.1) is 0 Å². The van der Waals surface area contributed by atoms with Gasteiger partial charge in [-0.2, -0.15) is 0 Å². The molecule has 0 saturated heterocycles. The molecular weight excluding hydrogens is 280 g/mol. The van der Waals surface area contributed by atoms with Crippen LogP contribution in [0, 0.1) is 0 Å². The maximum absolute atomic E-state index is 10.8. The van der Waals surface area contributed by atoms with Crippen LogP contribution >= 0.6 is 0 Å². The molecule has 0 aliphatic heterocycles. The summed E-state index contributed by atoms with van der Waals surface area (Å²) >= 11 is -0.187. The zero-order valence-corrected chi connectivity index (χ0v) is 9.86. The van der Waals surface area contributed by atoms with E-state index in [1.807, 2.05) is 18.2 Å². The first-order chi connectivity index (χ1) is 6.33. The Labute approximate surface area is 88.4 Å². The summed E-state index contributed by atoms with van der Waals surface area (Å²) < 4.78 is 6.96. The van der Waals surface area contributed by atoms with Crippen molar-refractivity contribution in [3.8, 4) is 0 Å². The molecule has 13 heavy (non-hydrogen) atoms.